The Bertz CT molecular complexity index is 416. The molecule has 0 spiro atoms. The Morgan fingerprint density at radius 1 is 1.17 bits per heavy atom. The Kier molecular flexibility index (Phi) is 4.74. The summed E-state index contributed by atoms with van der Waals surface area (Å²) in [5, 5.41) is 0. The van der Waals surface area contributed by atoms with Crippen LogP contribution in [0.4, 0.5) is 0 Å². The Morgan fingerprint density at radius 3 is 2.67 bits per heavy atom. The molecule has 2 rings (SSSR count). The van der Waals surface area contributed by atoms with Gasteiger partial charge >= 0.3 is 0 Å². The number of hydrogen-bond donors (Lipinski definition) is 0. The van der Waals surface area contributed by atoms with Gasteiger partial charge in [0.1, 0.15) is 0 Å². The summed E-state index contributed by atoms with van der Waals surface area (Å²) in [7, 11) is 0. The Morgan fingerprint density at radius 2 is 1.94 bits per heavy atom. The second-order valence-corrected chi connectivity index (χ2v) is 5.06. The van der Waals surface area contributed by atoms with E-state index in [1.165, 1.54) is 19.3 Å². The van der Waals surface area contributed by atoms with Gasteiger partial charge in [0.05, 0.1) is 0 Å². The van der Waals surface area contributed by atoms with E-state index < -0.39 is 0 Å². The van der Waals surface area contributed by atoms with E-state index in [1.54, 1.807) is 0 Å². The zero-order valence-corrected chi connectivity index (χ0v) is 11.2. The van der Waals surface area contributed by atoms with E-state index in [-0.39, 0.29) is 5.92 Å². The molecule has 0 aliphatic heterocycles. The number of allylic oxidation sites excluding steroid dienone is 2. The predicted molar refractivity (Wildman–Crippen MR) is 75.6 cm³/mol. The van der Waals surface area contributed by atoms with Gasteiger partial charge in [0, 0.05) is 5.92 Å². The minimum absolute atomic E-state index is 0.0514. The van der Waals surface area contributed by atoms with Crippen molar-refractivity contribution in [3.05, 3.63) is 47.5 Å². The quantitative estimate of drug-likeness (QED) is 0.751. The number of carbonyl (C=O) groups excluding carboxylic acids is 1. The summed E-state index contributed by atoms with van der Waals surface area (Å²) in [5.41, 5.74) is 2.23. The lowest BCUT2D eigenvalue weighted by atomic mass is 9.87. The van der Waals surface area contributed by atoms with E-state index in [0.717, 1.165) is 30.4 Å². The normalized spacial score (nSPS) is 17.7. The first kappa shape index (κ1) is 13.1. The highest BCUT2D eigenvalue weighted by Gasteiger charge is 2.22. The van der Waals surface area contributed by atoms with Crippen LogP contribution >= 0.6 is 0 Å². The molecule has 0 saturated heterocycles. The van der Waals surface area contributed by atoms with Crippen LogP contribution in [0.15, 0.2) is 42.0 Å². The maximum Gasteiger partial charge on any atom is 0.165 e. The van der Waals surface area contributed by atoms with Crippen LogP contribution in [0.3, 0.4) is 0 Å². The summed E-state index contributed by atoms with van der Waals surface area (Å²) in [6, 6.07) is 10.2. The summed E-state index contributed by atoms with van der Waals surface area (Å²) in [4.78, 5) is 12.6. The number of Topliss-reactive ketones (excluding diaryl/α,β-unsaturated/α-hetero) is 1. The summed E-state index contributed by atoms with van der Waals surface area (Å²) in [6.45, 7) is 2.10. The SMILES string of the molecule is CCC(C(=O)C1=CCCCCC1)c1ccccc1. The maximum absolute atomic E-state index is 12.6. The third-order valence-corrected chi connectivity index (χ3v) is 3.78. The molecular formula is C17H22O. The van der Waals surface area contributed by atoms with E-state index in [2.05, 4.69) is 25.1 Å². The highest BCUT2D eigenvalue weighted by molar-refractivity contribution is 6.00. The third kappa shape index (κ3) is 3.10. The molecule has 0 amide bonds. The monoisotopic (exact) mass is 242 g/mol. The zero-order chi connectivity index (χ0) is 12.8. The first-order valence-electron chi connectivity index (χ1n) is 7.11. The lowest BCUT2D eigenvalue weighted by molar-refractivity contribution is -0.117. The van der Waals surface area contributed by atoms with Gasteiger partial charge in [-0.05, 0) is 43.2 Å². The molecule has 1 aromatic carbocycles. The summed E-state index contributed by atoms with van der Waals surface area (Å²) in [5.74, 6) is 0.404. The van der Waals surface area contributed by atoms with Crippen molar-refractivity contribution in [2.24, 2.45) is 0 Å². The van der Waals surface area contributed by atoms with Crippen LogP contribution in [0.1, 0.15) is 56.9 Å². The lowest BCUT2D eigenvalue weighted by Gasteiger charge is -2.16. The number of benzene rings is 1. The zero-order valence-electron chi connectivity index (χ0n) is 11.2. The van der Waals surface area contributed by atoms with E-state index >= 15 is 0 Å². The fourth-order valence-electron chi connectivity index (χ4n) is 2.72. The highest BCUT2D eigenvalue weighted by Crippen LogP contribution is 2.27. The molecule has 0 aromatic heterocycles. The summed E-state index contributed by atoms with van der Waals surface area (Å²) in [6.07, 6.45) is 8.78. The van der Waals surface area contributed by atoms with Crippen LogP contribution in [0, 0.1) is 0 Å². The average molecular weight is 242 g/mol. The van der Waals surface area contributed by atoms with Gasteiger partial charge in [0.15, 0.2) is 5.78 Å². The van der Waals surface area contributed by atoms with Gasteiger partial charge < -0.3 is 0 Å². The minimum Gasteiger partial charge on any atom is -0.294 e. The number of rotatable bonds is 4. The Labute approximate surface area is 110 Å². The Hall–Kier alpha value is -1.37. The van der Waals surface area contributed by atoms with Crippen LogP contribution in [-0.2, 0) is 4.79 Å². The molecule has 96 valence electrons. The molecule has 0 radical (unpaired) electrons. The molecule has 1 aliphatic carbocycles. The first-order chi connectivity index (χ1) is 8.83. The summed E-state index contributed by atoms with van der Waals surface area (Å²) < 4.78 is 0. The smallest absolute Gasteiger partial charge is 0.165 e. The molecule has 18 heavy (non-hydrogen) atoms. The van der Waals surface area contributed by atoms with Crippen LogP contribution in [0.25, 0.3) is 0 Å². The van der Waals surface area contributed by atoms with Gasteiger partial charge in [-0.2, -0.15) is 0 Å². The van der Waals surface area contributed by atoms with Crippen LogP contribution in [0.5, 0.6) is 0 Å². The summed E-state index contributed by atoms with van der Waals surface area (Å²) >= 11 is 0. The second-order valence-electron chi connectivity index (χ2n) is 5.06. The fourth-order valence-corrected chi connectivity index (χ4v) is 2.72. The Balaban J connectivity index is 2.17. The van der Waals surface area contributed by atoms with Crippen molar-refractivity contribution in [2.45, 2.75) is 51.4 Å². The molecule has 0 N–H and O–H groups in total. The molecule has 0 heterocycles. The molecule has 0 saturated carbocycles. The average Bonchev–Trinajstić information content (AvgIpc) is 2.69. The van der Waals surface area contributed by atoms with Crippen LogP contribution < -0.4 is 0 Å². The van der Waals surface area contributed by atoms with Crippen molar-refractivity contribution < 1.29 is 4.79 Å². The molecule has 1 unspecified atom stereocenters. The van der Waals surface area contributed by atoms with Gasteiger partial charge in [-0.25, -0.2) is 0 Å². The first-order valence-corrected chi connectivity index (χ1v) is 7.11. The molecule has 0 fully saturated rings. The van der Waals surface area contributed by atoms with Crippen molar-refractivity contribution in [3.63, 3.8) is 0 Å². The lowest BCUT2D eigenvalue weighted by Crippen LogP contribution is -2.14. The molecule has 0 bridgehead atoms. The third-order valence-electron chi connectivity index (χ3n) is 3.78. The van der Waals surface area contributed by atoms with Gasteiger partial charge in [-0.1, -0.05) is 49.8 Å². The largest absolute Gasteiger partial charge is 0.294 e. The van der Waals surface area contributed by atoms with Gasteiger partial charge in [0.25, 0.3) is 0 Å². The van der Waals surface area contributed by atoms with Crippen LogP contribution in [-0.4, -0.2) is 5.78 Å². The van der Waals surface area contributed by atoms with Crippen molar-refractivity contribution in [1.82, 2.24) is 0 Å². The van der Waals surface area contributed by atoms with Crippen LogP contribution in [0.2, 0.25) is 0 Å². The van der Waals surface area contributed by atoms with E-state index in [1.807, 2.05) is 18.2 Å². The van der Waals surface area contributed by atoms with Crippen molar-refractivity contribution in [1.29, 1.82) is 0 Å². The topological polar surface area (TPSA) is 17.1 Å². The number of hydrogen-bond acceptors (Lipinski definition) is 1. The molecule has 1 heteroatoms. The molecule has 1 aliphatic rings. The minimum atomic E-state index is 0.0514. The molecule has 1 atom stereocenters. The fraction of sp³-hybridized carbons (Fsp3) is 0.471. The van der Waals surface area contributed by atoms with Crippen molar-refractivity contribution in [2.75, 3.05) is 0 Å². The van der Waals surface area contributed by atoms with Gasteiger partial charge in [0.2, 0.25) is 0 Å². The number of carbonyl (C=O) groups is 1. The van der Waals surface area contributed by atoms with Crippen molar-refractivity contribution >= 4 is 5.78 Å². The molecule has 1 aromatic rings. The molecular weight excluding hydrogens is 220 g/mol. The highest BCUT2D eigenvalue weighted by atomic mass is 16.1. The predicted octanol–water partition coefficient (Wildman–Crippen LogP) is 4.64. The van der Waals surface area contributed by atoms with Gasteiger partial charge in [-0.15, -0.1) is 0 Å². The van der Waals surface area contributed by atoms with E-state index in [4.69, 9.17) is 0 Å². The van der Waals surface area contributed by atoms with Crippen molar-refractivity contribution in [3.8, 4) is 0 Å². The van der Waals surface area contributed by atoms with Gasteiger partial charge in [-0.3, -0.25) is 4.79 Å². The van der Waals surface area contributed by atoms with E-state index in [0.29, 0.717) is 5.78 Å². The second kappa shape index (κ2) is 6.53. The number of ketones is 1. The standard InChI is InChI=1S/C17H22O/c1-2-16(14-10-8-5-9-11-14)17(18)15-12-6-3-4-7-13-15/h5,8-12,16H,2-4,6-7,13H2,1H3. The maximum atomic E-state index is 12.6. The van der Waals surface area contributed by atoms with E-state index in [9.17, 15) is 4.79 Å². The molecule has 1 nitrogen and oxygen atoms in total.